The van der Waals surface area contributed by atoms with Crippen molar-refractivity contribution < 1.29 is 4.74 Å². The summed E-state index contributed by atoms with van der Waals surface area (Å²) >= 11 is 0. The van der Waals surface area contributed by atoms with Crippen LogP contribution in [0.2, 0.25) is 0 Å². The largest absolute Gasteiger partial charge is 0.356 e. The molecule has 4 aromatic carbocycles. The van der Waals surface area contributed by atoms with E-state index < -0.39 is 0 Å². The van der Waals surface area contributed by atoms with Crippen LogP contribution in [0.15, 0.2) is 72.8 Å². The molecule has 1 heterocycles. The van der Waals surface area contributed by atoms with Crippen LogP contribution in [0.4, 0.5) is 0 Å². The van der Waals surface area contributed by atoms with E-state index in [2.05, 4.69) is 72.8 Å². The lowest BCUT2D eigenvalue weighted by Gasteiger charge is -2.14. The monoisotopic (exact) mass is 318 g/mol. The van der Waals surface area contributed by atoms with Gasteiger partial charge < -0.3 is 4.74 Å². The maximum Gasteiger partial charge on any atom is 0.110 e. The lowest BCUT2D eigenvalue weighted by atomic mass is 9.95. The van der Waals surface area contributed by atoms with E-state index in [9.17, 15) is 0 Å². The van der Waals surface area contributed by atoms with Crippen molar-refractivity contribution in [2.75, 3.05) is 0 Å². The van der Waals surface area contributed by atoms with Gasteiger partial charge in [0.15, 0.2) is 0 Å². The summed E-state index contributed by atoms with van der Waals surface area (Å²) in [5.41, 5.74) is 8.16. The Morgan fingerprint density at radius 3 is 1.44 bits per heavy atom. The summed E-state index contributed by atoms with van der Waals surface area (Å²) in [4.78, 5) is 0. The van der Waals surface area contributed by atoms with Gasteiger partial charge in [-0.25, -0.2) is 0 Å². The molecule has 1 nitrogen and oxygen atoms in total. The van der Waals surface area contributed by atoms with Crippen LogP contribution in [-0.2, 0) is 4.74 Å². The van der Waals surface area contributed by atoms with Crippen molar-refractivity contribution in [2.45, 2.75) is 12.2 Å². The van der Waals surface area contributed by atoms with Gasteiger partial charge in [-0.15, -0.1) is 0 Å². The van der Waals surface area contributed by atoms with E-state index in [0.29, 0.717) is 0 Å². The van der Waals surface area contributed by atoms with E-state index in [1.807, 2.05) is 0 Å². The van der Waals surface area contributed by atoms with E-state index in [-0.39, 0.29) is 12.2 Å². The quantitative estimate of drug-likeness (QED) is 0.384. The number of benzene rings is 4. The lowest BCUT2D eigenvalue weighted by Crippen LogP contribution is -1.99. The van der Waals surface area contributed by atoms with Crippen molar-refractivity contribution in [3.8, 4) is 0 Å². The lowest BCUT2D eigenvalue weighted by molar-refractivity contribution is 0.0721. The van der Waals surface area contributed by atoms with E-state index in [1.165, 1.54) is 54.9 Å². The van der Waals surface area contributed by atoms with Gasteiger partial charge in [-0.3, -0.25) is 0 Å². The van der Waals surface area contributed by atoms with Crippen LogP contribution in [0.1, 0.15) is 34.5 Å². The summed E-state index contributed by atoms with van der Waals surface area (Å²) in [6.45, 7) is 0. The zero-order valence-corrected chi connectivity index (χ0v) is 13.5. The first-order chi connectivity index (χ1) is 12.4. The smallest absolute Gasteiger partial charge is 0.110 e. The molecular formula is C24H14O. The molecule has 116 valence electrons. The molecule has 7 rings (SSSR count). The summed E-state index contributed by atoms with van der Waals surface area (Å²) in [5.74, 6) is 0. The molecule has 0 spiro atoms. The van der Waals surface area contributed by atoms with Crippen LogP contribution in [0.5, 0.6) is 0 Å². The standard InChI is InChI=1S/C24H14O/c1-5-13-7-3-11-17-19(13)15(9-1)21-22-16-10-2-6-14-8-4-12-18(20(14)16)24(22)25-23(17)21/h1-12,23-24H. The van der Waals surface area contributed by atoms with Gasteiger partial charge in [0, 0.05) is 0 Å². The van der Waals surface area contributed by atoms with Crippen LogP contribution >= 0.6 is 0 Å². The second-order valence-corrected chi connectivity index (χ2v) is 7.23. The molecule has 0 aromatic heterocycles. The van der Waals surface area contributed by atoms with Gasteiger partial charge in [-0.2, -0.15) is 0 Å². The Morgan fingerprint density at radius 1 is 0.520 bits per heavy atom. The molecule has 0 N–H and O–H groups in total. The van der Waals surface area contributed by atoms with Gasteiger partial charge >= 0.3 is 0 Å². The Balaban J connectivity index is 1.65. The topological polar surface area (TPSA) is 9.23 Å². The predicted octanol–water partition coefficient (Wildman–Crippen LogP) is 6.04. The maximum atomic E-state index is 6.68. The van der Waals surface area contributed by atoms with Crippen molar-refractivity contribution in [1.82, 2.24) is 0 Å². The van der Waals surface area contributed by atoms with Crippen molar-refractivity contribution >= 4 is 32.7 Å². The zero-order valence-electron chi connectivity index (χ0n) is 13.5. The molecular weight excluding hydrogens is 304 g/mol. The molecule has 0 bridgehead atoms. The van der Waals surface area contributed by atoms with Crippen LogP contribution in [-0.4, -0.2) is 0 Å². The van der Waals surface area contributed by atoms with Crippen molar-refractivity contribution in [3.63, 3.8) is 0 Å². The number of ether oxygens (including phenoxy) is 1. The summed E-state index contributed by atoms with van der Waals surface area (Å²) in [5, 5.41) is 5.37. The summed E-state index contributed by atoms with van der Waals surface area (Å²) in [6.07, 6.45) is 0.148. The molecule has 2 unspecified atom stereocenters. The third-order valence-electron chi connectivity index (χ3n) is 6.11. The molecule has 0 saturated carbocycles. The van der Waals surface area contributed by atoms with E-state index in [1.54, 1.807) is 0 Å². The van der Waals surface area contributed by atoms with Crippen LogP contribution in [0.3, 0.4) is 0 Å². The van der Waals surface area contributed by atoms with Crippen molar-refractivity contribution in [2.24, 2.45) is 0 Å². The second-order valence-electron chi connectivity index (χ2n) is 7.23. The number of rotatable bonds is 0. The highest BCUT2D eigenvalue weighted by Crippen LogP contribution is 2.63. The van der Waals surface area contributed by atoms with Crippen LogP contribution < -0.4 is 0 Å². The van der Waals surface area contributed by atoms with E-state index >= 15 is 0 Å². The molecule has 0 fully saturated rings. The first-order valence-corrected chi connectivity index (χ1v) is 8.85. The molecule has 0 radical (unpaired) electrons. The van der Waals surface area contributed by atoms with Gasteiger partial charge in [0.05, 0.1) is 0 Å². The minimum atomic E-state index is 0.0738. The molecule has 2 atom stereocenters. The van der Waals surface area contributed by atoms with Gasteiger partial charge in [0.2, 0.25) is 0 Å². The third kappa shape index (κ3) is 1.29. The van der Waals surface area contributed by atoms with Crippen molar-refractivity contribution in [1.29, 1.82) is 0 Å². The third-order valence-corrected chi connectivity index (χ3v) is 6.11. The number of hydrogen-bond acceptors (Lipinski definition) is 1. The minimum Gasteiger partial charge on any atom is -0.356 e. The van der Waals surface area contributed by atoms with Crippen LogP contribution in [0, 0.1) is 0 Å². The van der Waals surface area contributed by atoms with Crippen LogP contribution in [0.25, 0.3) is 32.7 Å². The normalized spacial score (nSPS) is 22.1. The minimum absolute atomic E-state index is 0.0738. The Morgan fingerprint density at radius 2 is 0.960 bits per heavy atom. The Hall–Kier alpha value is -2.90. The maximum absolute atomic E-state index is 6.68. The SMILES string of the molecule is c1cc2c3c(cccc3c1)C1OC3C(=C21)c1cccc2cccc3c12. The molecule has 4 aromatic rings. The fourth-order valence-electron chi connectivity index (χ4n) is 5.21. The number of hydrogen-bond donors (Lipinski definition) is 0. The highest BCUT2D eigenvalue weighted by Gasteiger charge is 2.46. The summed E-state index contributed by atoms with van der Waals surface area (Å²) in [7, 11) is 0. The second kappa shape index (κ2) is 4.01. The molecule has 25 heavy (non-hydrogen) atoms. The fraction of sp³-hybridized carbons (Fsp3) is 0.0833. The van der Waals surface area contributed by atoms with E-state index in [4.69, 9.17) is 4.74 Å². The van der Waals surface area contributed by atoms with Gasteiger partial charge in [0.25, 0.3) is 0 Å². The van der Waals surface area contributed by atoms with Gasteiger partial charge in [-0.05, 0) is 54.9 Å². The zero-order chi connectivity index (χ0) is 16.1. The Labute approximate surface area is 145 Å². The Bertz CT molecular complexity index is 1170. The highest BCUT2D eigenvalue weighted by molar-refractivity contribution is 6.16. The van der Waals surface area contributed by atoms with Gasteiger partial charge in [-0.1, -0.05) is 72.8 Å². The average Bonchev–Trinajstić information content (AvgIpc) is 3.28. The summed E-state index contributed by atoms with van der Waals surface area (Å²) < 4.78 is 6.68. The molecule has 1 aliphatic heterocycles. The van der Waals surface area contributed by atoms with Gasteiger partial charge in [0.1, 0.15) is 12.2 Å². The first-order valence-electron chi connectivity index (χ1n) is 8.85. The highest BCUT2D eigenvalue weighted by atomic mass is 16.5. The fourth-order valence-corrected chi connectivity index (χ4v) is 5.21. The predicted molar refractivity (Wildman–Crippen MR) is 101 cm³/mol. The Kier molecular flexibility index (Phi) is 2.00. The summed E-state index contributed by atoms with van der Waals surface area (Å²) in [6, 6.07) is 26.5. The average molecular weight is 318 g/mol. The van der Waals surface area contributed by atoms with E-state index in [0.717, 1.165) is 0 Å². The molecule has 0 saturated heterocycles. The molecule has 3 aliphatic rings. The molecule has 1 heteroatoms. The van der Waals surface area contributed by atoms with Crippen molar-refractivity contribution in [3.05, 3.63) is 95.1 Å². The first kappa shape index (κ1) is 12.5. The molecule has 0 amide bonds. The molecule has 2 aliphatic carbocycles. The number of fused-ring (bicyclic) bond motifs is 6.